The molecule has 154 valence electrons. The van der Waals surface area contributed by atoms with E-state index in [2.05, 4.69) is 15.6 Å². The molecule has 2 aliphatic rings. The number of amides is 4. The number of carbonyl (C=O) groups is 3. The minimum absolute atomic E-state index is 0.0830. The maximum Gasteiger partial charge on any atom is 0.325 e. The molecule has 0 aromatic carbocycles. The van der Waals surface area contributed by atoms with Crippen LogP contribution in [-0.4, -0.2) is 39.8 Å². The average molecular weight is 433 g/mol. The monoisotopic (exact) mass is 432 g/mol. The first-order valence-corrected chi connectivity index (χ1v) is 11.5. The fourth-order valence-corrected chi connectivity index (χ4v) is 5.71. The molecule has 1 spiro atoms. The molecule has 0 radical (unpaired) electrons. The van der Waals surface area contributed by atoms with Gasteiger partial charge < -0.3 is 10.6 Å². The summed E-state index contributed by atoms with van der Waals surface area (Å²) in [5.41, 5.74) is 0.116. The Morgan fingerprint density at radius 2 is 2.21 bits per heavy atom. The van der Waals surface area contributed by atoms with E-state index in [1.165, 1.54) is 0 Å². The first kappa shape index (κ1) is 20.0. The van der Waals surface area contributed by atoms with Crippen molar-refractivity contribution in [2.24, 2.45) is 5.92 Å². The minimum Gasteiger partial charge on any atom is -0.350 e. The molecule has 2 aromatic heterocycles. The van der Waals surface area contributed by atoms with E-state index in [0.717, 1.165) is 44.6 Å². The fourth-order valence-electron chi connectivity index (χ4n) is 4.11. The van der Waals surface area contributed by atoms with Gasteiger partial charge in [0.15, 0.2) is 0 Å². The summed E-state index contributed by atoms with van der Waals surface area (Å²) in [6, 6.07) is 3.49. The van der Waals surface area contributed by atoms with Crippen molar-refractivity contribution in [3.63, 3.8) is 0 Å². The lowest BCUT2D eigenvalue weighted by Crippen LogP contribution is -2.54. The Kier molecular flexibility index (Phi) is 5.44. The molecule has 0 bridgehead atoms. The molecular formula is C20H24N4O3S2. The van der Waals surface area contributed by atoms with Crippen LogP contribution in [0, 0.1) is 12.8 Å². The van der Waals surface area contributed by atoms with Crippen LogP contribution in [0.2, 0.25) is 0 Å². The van der Waals surface area contributed by atoms with Crippen molar-refractivity contribution in [2.45, 2.75) is 51.6 Å². The molecule has 2 fully saturated rings. The normalized spacial score (nSPS) is 24.2. The lowest BCUT2D eigenvalue weighted by Gasteiger charge is -2.36. The maximum atomic E-state index is 12.9. The second-order valence-electron chi connectivity index (χ2n) is 7.73. The number of nitrogens with one attached hydrogen (secondary N) is 2. The van der Waals surface area contributed by atoms with E-state index < -0.39 is 11.6 Å². The van der Waals surface area contributed by atoms with Gasteiger partial charge in [0.2, 0.25) is 5.91 Å². The van der Waals surface area contributed by atoms with Crippen LogP contribution in [0.1, 0.15) is 42.5 Å². The molecule has 2 N–H and O–H groups in total. The maximum absolute atomic E-state index is 12.9. The first-order valence-electron chi connectivity index (χ1n) is 9.81. The molecule has 4 amide bonds. The predicted octanol–water partition coefficient (Wildman–Crippen LogP) is 3.30. The van der Waals surface area contributed by atoms with Gasteiger partial charge in [-0.25, -0.2) is 9.78 Å². The van der Waals surface area contributed by atoms with Gasteiger partial charge in [-0.2, -0.15) is 0 Å². The third-order valence-electron chi connectivity index (χ3n) is 5.80. The van der Waals surface area contributed by atoms with E-state index in [1.807, 2.05) is 31.4 Å². The zero-order chi connectivity index (χ0) is 20.6. The van der Waals surface area contributed by atoms with E-state index >= 15 is 0 Å². The van der Waals surface area contributed by atoms with E-state index in [1.54, 1.807) is 22.7 Å². The molecule has 0 unspecified atom stereocenters. The molecule has 2 atom stereocenters. The van der Waals surface area contributed by atoms with Crippen LogP contribution in [0.4, 0.5) is 4.79 Å². The molecular weight excluding hydrogens is 408 g/mol. The molecule has 1 aliphatic heterocycles. The van der Waals surface area contributed by atoms with E-state index in [9.17, 15) is 14.4 Å². The number of hydrogen-bond donors (Lipinski definition) is 2. The van der Waals surface area contributed by atoms with Crippen LogP contribution in [-0.2, 0) is 16.1 Å². The number of hydrogen-bond acceptors (Lipinski definition) is 6. The Hall–Kier alpha value is -2.26. The lowest BCUT2D eigenvalue weighted by molar-refractivity contribution is -0.137. The molecule has 3 heterocycles. The quantitative estimate of drug-likeness (QED) is 0.709. The number of rotatable bonds is 5. The highest BCUT2D eigenvalue weighted by Gasteiger charge is 2.55. The molecule has 2 aromatic rings. The second kappa shape index (κ2) is 7.87. The van der Waals surface area contributed by atoms with Gasteiger partial charge >= 0.3 is 6.03 Å². The van der Waals surface area contributed by atoms with Crippen LogP contribution in [0.25, 0.3) is 10.6 Å². The highest BCUT2D eigenvalue weighted by molar-refractivity contribution is 7.16. The standard InChI is InChI=1S/C20H24N4O3S2/c1-12-5-3-4-8-20(12)18(26)24(19(27)23-20)10-17(25)21-9-14-6-7-16(29-14)15-11-28-13(2)22-15/h6-7,11-12H,3-5,8-10H2,1-2H3,(H,21,25)(H,23,27)/t12-,20-/m1/s1. The van der Waals surface area contributed by atoms with Crippen molar-refractivity contribution in [1.29, 1.82) is 0 Å². The zero-order valence-corrected chi connectivity index (χ0v) is 18.1. The number of aryl methyl sites for hydroxylation is 1. The van der Waals surface area contributed by atoms with Crippen LogP contribution in [0.5, 0.6) is 0 Å². The third kappa shape index (κ3) is 3.81. The molecule has 1 saturated heterocycles. The summed E-state index contributed by atoms with van der Waals surface area (Å²) in [6.45, 7) is 4.08. The number of thiophene rings is 1. The summed E-state index contributed by atoms with van der Waals surface area (Å²) < 4.78 is 0. The molecule has 7 nitrogen and oxygen atoms in total. The molecule has 1 aliphatic carbocycles. The van der Waals surface area contributed by atoms with Crippen molar-refractivity contribution in [1.82, 2.24) is 20.5 Å². The van der Waals surface area contributed by atoms with Crippen LogP contribution >= 0.6 is 22.7 Å². The summed E-state index contributed by atoms with van der Waals surface area (Å²) in [5, 5.41) is 8.73. The Bertz CT molecular complexity index is 953. The van der Waals surface area contributed by atoms with Crippen molar-refractivity contribution < 1.29 is 14.4 Å². The van der Waals surface area contributed by atoms with E-state index in [4.69, 9.17) is 0 Å². The smallest absolute Gasteiger partial charge is 0.325 e. The van der Waals surface area contributed by atoms with Gasteiger partial charge in [-0.15, -0.1) is 22.7 Å². The third-order valence-corrected chi connectivity index (χ3v) is 7.68. The van der Waals surface area contributed by atoms with Crippen LogP contribution < -0.4 is 10.6 Å². The Morgan fingerprint density at radius 3 is 2.93 bits per heavy atom. The average Bonchev–Trinajstić information content (AvgIpc) is 3.39. The van der Waals surface area contributed by atoms with Crippen molar-refractivity contribution in [3.05, 3.63) is 27.4 Å². The van der Waals surface area contributed by atoms with Crippen LogP contribution in [0.3, 0.4) is 0 Å². The van der Waals surface area contributed by atoms with Crippen molar-refractivity contribution in [3.8, 4) is 10.6 Å². The van der Waals surface area contributed by atoms with Gasteiger partial charge in [-0.1, -0.05) is 19.8 Å². The Morgan fingerprint density at radius 1 is 1.38 bits per heavy atom. The lowest BCUT2D eigenvalue weighted by atomic mass is 9.73. The number of imide groups is 1. The number of carbonyl (C=O) groups excluding carboxylic acids is 3. The number of urea groups is 1. The molecule has 9 heteroatoms. The predicted molar refractivity (Wildman–Crippen MR) is 113 cm³/mol. The number of thiazole rings is 1. The number of aromatic nitrogens is 1. The summed E-state index contributed by atoms with van der Waals surface area (Å²) in [7, 11) is 0. The highest BCUT2D eigenvalue weighted by atomic mass is 32.1. The SMILES string of the molecule is Cc1nc(-c2ccc(CNC(=O)CN3C(=O)N[C@@]4(CCCC[C@H]4C)C3=O)s2)cs1. The second-order valence-corrected chi connectivity index (χ2v) is 9.96. The van der Waals surface area contributed by atoms with Gasteiger partial charge in [0.05, 0.1) is 22.1 Å². The summed E-state index contributed by atoms with van der Waals surface area (Å²) >= 11 is 3.18. The molecule has 29 heavy (non-hydrogen) atoms. The largest absolute Gasteiger partial charge is 0.350 e. The number of nitrogens with zero attached hydrogens (tertiary/aromatic N) is 2. The Balaban J connectivity index is 1.35. The van der Waals surface area contributed by atoms with E-state index in [0.29, 0.717) is 13.0 Å². The van der Waals surface area contributed by atoms with Crippen molar-refractivity contribution in [2.75, 3.05) is 6.54 Å². The highest BCUT2D eigenvalue weighted by Crippen LogP contribution is 2.38. The first-order chi connectivity index (χ1) is 13.9. The topological polar surface area (TPSA) is 91.4 Å². The van der Waals surface area contributed by atoms with Crippen molar-refractivity contribution >= 4 is 40.5 Å². The zero-order valence-electron chi connectivity index (χ0n) is 16.5. The van der Waals surface area contributed by atoms with Gasteiger partial charge in [0.25, 0.3) is 5.91 Å². The summed E-state index contributed by atoms with van der Waals surface area (Å²) in [5.74, 6) is -0.518. The fraction of sp³-hybridized carbons (Fsp3) is 0.500. The van der Waals surface area contributed by atoms with E-state index in [-0.39, 0.29) is 24.3 Å². The summed E-state index contributed by atoms with van der Waals surface area (Å²) in [4.78, 5) is 45.3. The van der Waals surface area contributed by atoms with Gasteiger partial charge in [0.1, 0.15) is 12.1 Å². The van der Waals surface area contributed by atoms with Crippen LogP contribution in [0.15, 0.2) is 17.5 Å². The van der Waals surface area contributed by atoms with Gasteiger partial charge in [0, 0.05) is 10.3 Å². The summed E-state index contributed by atoms with van der Waals surface area (Å²) in [6.07, 6.45) is 3.53. The molecule has 4 rings (SSSR count). The minimum atomic E-state index is -0.829. The van der Waals surface area contributed by atoms with Gasteiger partial charge in [-0.3, -0.25) is 14.5 Å². The van der Waals surface area contributed by atoms with Gasteiger partial charge in [-0.05, 0) is 37.8 Å². The Labute approximate surface area is 177 Å². The molecule has 1 saturated carbocycles.